The molecule has 1 aromatic rings. The van der Waals surface area contributed by atoms with Gasteiger partial charge in [0.05, 0.1) is 13.0 Å². The Bertz CT molecular complexity index is 728. The van der Waals surface area contributed by atoms with Gasteiger partial charge in [0.25, 0.3) is 0 Å². The van der Waals surface area contributed by atoms with Gasteiger partial charge in [0.1, 0.15) is 5.60 Å². The Balaban J connectivity index is 2.21. The molecule has 0 aliphatic heterocycles. The van der Waals surface area contributed by atoms with Crippen molar-refractivity contribution in [2.24, 2.45) is 5.92 Å². The summed E-state index contributed by atoms with van der Waals surface area (Å²) in [7, 11) is 1.12. The maximum Gasteiger partial charge on any atom is 0.408 e. The Morgan fingerprint density at radius 3 is 2.36 bits per heavy atom. The fourth-order valence-electron chi connectivity index (χ4n) is 2.51. The van der Waals surface area contributed by atoms with Crippen LogP contribution in [0.15, 0.2) is 18.2 Å². The minimum atomic E-state index is -1.57. The fraction of sp³-hybridized carbons (Fsp3) is 0.471. The number of halogens is 2. The van der Waals surface area contributed by atoms with Crippen LogP contribution in [0.3, 0.4) is 0 Å². The van der Waals surface area contributed by atoms with Crippen molar-refractivity contribution in [2.45, 2.75) is 38.3 Å². The van der Waals surface area contributed by atoms with E-state index in [1.165, 1.54) is 0 Å². The average molecular weight is 355 g/mol. The van der Waals surface area contributed by atoms with E-state index in [0.717, 1.165) is 25.3 Å². The van der Waals surface area contributed by atoms with Gasteiger partial charge in [-0.1, -0.05) is 0 Å². The highest BCUT2D eigenvalue weighted by molar-refractivity contribution is 6.07. The van der Waals surface area contributed by atoms with Crippen molar-refractivity contribution < 1.29 is 32.6 Å². The maximum atomic E-state index is 13.3. The van der Waals surface area contributed by atoms with Crippen LogP contribution in [0.25, 0.3) is 0 Å². The van der Waals surface area contributed by atoms with Gasteiger partial charge in [-0.3, -0.25) is 4.79 Å². The molecule has 1 N–H and O–H groups in total. The van der Waals surface area contributed by atoms with Gasteiger partial charge < -0.3 is 14.8 Å². The SMILES string of the molecule is COC(=O)C1(NC(=O)OC(C)(C)C)CC1C(=O)c1ccc(F)c(F)c1. The quantitative estimate of drug-likeness (QED) is 0.663. The van der Waals surface area contributed by atoms with E-state index in [0.29, 0.717) is 0 Å². The van der Waals surface area contributed by atoms with Gasteiger partial charge in [0.2, 0.25) is 0 Å². The molecule has 2 atom stereocenters. The van der Waals surface area contributed by atoms with Crippen molar-refractivity contribution in [3.63, 3.8) is 0 Å². The number of benzene rings is 1. The summed E-state index contributed by atoms with van der Waals surface area (Å²) >= 11 is 0. The third kappa shape index (κ3) is 3.94. The molecule has 1 amide bonds. The first kappa shape index (κ1) is 18.8. The predicted molar refractivity (Wildman–Crippen MR) is 82.9 cm³/mol. The molecule has 0 bridgehead atoms. The standard InChI is InChI=1S/C17H19F2NO5/c1-16(2,3)25-15(23)20-17(14(22)24-4)8-10(17)13(21)9-5-6-11(18)12(19)7-9/h5-7,10H,8H2,1-4H3,(H,20,23). The molecule has 2 unspecified atom stereocenters. The van der Waals surface area contributed by atoms with Gasteiger partial charge >= 0.3 is 12.1 Å². The number of alkyl carbamates (subject to hydrolysis) is 1. The molecule has 0 heterocycles. The zero-order valence-electron chi connectivity index (χ0n) is 14.3. The van der Waals surface area contributed by atoms with Crippen LogP contribution >= 0.6 is 0 Å². The van der Waals surface area contributed by atoms with Crippen LogP contribution in [0.4, 0.5) is 13.6 Å². The normalized spacial score (nSPS) is 22.1. The summed E-state index contributed by atoms with van der Waals surface area (Å²) in [5.74, 6) is -4.61. The summed E-state index contributed by atoms with van der Waals surface area (Å²) in [6.07, 6.45) is -0.894. The van der Waals surface area contributed by atoms with Gasteiger partial charge in [0.15, 0.2) is 23.0 Å². The van der Waals surface area contributed by atoms with E-state index in [-0.39, 0.29) is 12.0 Å². The first-order valence-corrected chi connectivity index (χ1v) is 7.59. The molecule has 136 valence electrons. The third-order valence-electron chi connectivity index (χ3n) is 3.76. The summed E-state index contributed by atoms with van der Waals surface area (Å²) in [5, 5.41) is 2.38. The van der Waals surface area contributed by atoms with Crippen LogP contribution in [0.5, 0.6) is 0 Å². The highest BCUT2D eigenvalue weighted by Crippen LogP contribution is 2.46. The summed E-state index contributed by atoms with van der Waals surface area (Å²) in [6, 6.07) is 2.70. The molecular formula is C17H19F2NO5. The zero-order chi connectivity index (χ0) is 19.0. The number of methoxy groups -OCH3 is 1. The second kappa shape index (κ2) is 6.42. The van der Waals surface area contributed by atoms with Crippen molar-refractivity contribution in [1.82, 2.24) is 5.32 Å². The van der Waals surface area contributed by atoms with Crippen molar-refractivity contribution in [3.05, 3.63) is 35.4 Å². The number of Topliss-reactive ketones (excluding diaryl/α,β-unsaturated/α-hetero) is 1. The summed E-state index contributed by atoms with van der Waals surface area (Å²) in [6.45, 7) is 4.94. The number of carbonyl (C=O) groups is 3. The molecule has 1 aliphatic carbocycles. The lowest BCUT2D eigenvalue weighted by Gasteiger charge is -2.23. The molecule has 0 aromatic heterocycles. The van der Waals surface area contributed by atoms with Crippen molar-refractivity contribution in [3.8, 4) is 0 Å². The second-order valence-electron chi connectivity index (χ2n) is 6.84. The number of amides is 1. The molecule has 1 aromatic carbocycles. The molecular weight excluding hydrogens is 336 g/mol. The van der Waals surface area contributed by atoms with Crippen LogP contribution in [0.2, 0.25) is 0 Å². The second-order valence-corrected chi connectivity index (χ2v) is 6.84. The fourth-order valence-corrected chi connectivity index (χ4v) is 2.51. The average Bonchev–Trinajstić information content (AvgIpc) is 3.21. The minimum Gasteiger partial charge on any atom is -0.467 e. The number of esters is 1. The van der Waals surface area contributed by atoms with E-state index in [4.69, 9.17) is 4.74 Å². The predicted octanol–water partition coefficient (Wildman–Crippen LogP) is 2.60. The van der Waals surface area contributed by atoms with E-state index >= 15 is 0 Å². The highest BCUT2D eigenvalue weighted by Gasteiger charge is 2.66. The van der Waals surface area contributed by atoms with Crippen molar-refractivity contribution >= 4 is 17.8 Å². The van der Waals surface area contributed by atoms with Crippen LogP contribution in [0, 0.1) is 17.6 Å². The Kier molecular flexibility index (Phi) is 4.83. The highest BCUT2D eigenvalue weighted by atomic mass is 19.2. The van der Waals surface area contributed by atoms with Gasteiger partial charge in [0, 0.05) is 5.56 Å². The van der Waals surface area contributed by atoms with Crippen LogP contribution in [0.1, 0.15) is 37.6 Å². The smallest absolute Gasteiger partial charge is 0.408 e. The number of rotatable bonds is 4. The van der Waals surface area contributed by atoms with E-state index in [1.54, 1.807) is 20.8 Å². The Morgan fingerprint density at radius 2 is 1.84 bits per heavy atom. The lowest BCUT2D eigenvalue weighted by Crippen LogP contribution is -2.48. The Morgan fingerprint density at radius 1 is 1.20 bits per heavy atom. The number of carbonyl (C=O) groups excluding carboxylic acids is 3. The molecule has 0 spiro atoms. The Labute approximate surface area is 143 Å². The van der Waals surface area contributed by atoms with Crippen LogP contribution in [-0.4, -0.2) is 36.1 Å². The van der Waals surface area contributed by atoms with Gasteiger partial charge in [-0.05, 0) is 45.4 Å². The molecule has 2 rings (SSSR count). The van der Waals surface area contributed by atoms with E-state index in [2.05, 4.69) is 10.1 Å². The number of hydrogen-bond donors (Lipinski definition) is 1. The number of hydrogen-bond acceptors (Lipinski definition) is 5. The number of ketones is 1. The lowest BCUT2D eigenvalue weighted by atomic mass is 10.0. The first-order chi connectivity index (χ1) is 11.5. The Hall–Kier alpha value is -2.51. The molecule has 8 heteroatoms. The number of ether oxygens (including phenoxy) is 2. The molecule has 25 heavy (non-hydrogen) atoms. The lowest BCUT2D eigenvalue weighted by molar-refractivity contribution is -0.144. The minimum absolute atomic E-state index is 0.0171. The van der Waals surface area contributed by atoms with E-state index in [9.17, 15) is 23.2 Å². The maximum absolute atomic E-state index is 13.3. The third-order valence-corrected chi connectivity index (χ3v) is 3.76. The van der Waals surface area contributed by atoms with E-state index < -0.39 is 46.5 Å². The van der Waals surface area contributed by atoms with Gasteiger partial charge in [-0.25, -0.2) is 18.4 Å². The largest absolute Gasteiger partial charge is 0.467 e. The molecule has 1 aliphatic rings. The summed E-state index contributed by atoms with van der Waals surface area (Å²) < 4.78 is 36.1. The summed E-state index contributed by atoms with van der Waals surface area (Å²) in [4.78, 5) is 36.5. The van der Waals surface area contributed by atoms with Crippen molar-refractivity contribution in [1.29, 1.82) is 0 Å². The van der Waals surface area contributed by atoms with E-state index in [1.807, 2.05) is 0 Å². The topological polar surface area (TPSA) is 81.7 Å². The number of nitrogens with one attached hydrogen (secondary N) is 1. The molecule has 1 fully saturated rings. The molecule has 6 nitrogen and oxygen atoms in total. The van der Waals surface area contributed by atoms with Crippen molar-refractivity contribution in [2.75, 3.05) is 7.11 Å². The van der Waals surface area contributed by atoms with Gasteiger partial charge in [-0.15, -0.1) is 0 Å². The molecule has 1 saturated carbocycles. The first-order valence-electron chi connectivity index (χ1n) is 7.59. The van der Waals surface area contributed by atoms with Crippen LogP contribution < -0.4 is 5.32 Å². The molecule has 0 saturated heterocycles. The van der Waals surface area contributed by atoms with Crippen LogP contribution in [-0.2, 0) is 14.3 Å². The molecule has 0 radical (unpaired) electrons. The van der Waals surface area contributed by atoms with Gasteiger partial charge in [-0.2, -0.15) is 0 Å². The monoisotopic (exact) mass is 355 g/mol. The summed E-state index contributed by atoms with van der Waals surface area (Å²) in [5.41, 5.74) is -2.46. The zero-order valence-corrected chi connectivity index (χ0v) is 14.3.